The fraction of sp³-hybridized carbons (Fsp3) is 0.409. The van der Waals surface area contributed by atoms with E-state index in [4.69, 9.17) is 5.11 Å². The molecule has 0 aromatic heterocycles. The van der Waals surface area contributed by atoms with Gasteiger partial charge in [0.1, 0.15) is 5.82 Å². The molecule has 2 atom stereocenters. The predicted molar refractivity (Wildman–Crippen MR) is 114 cm³/mol. The first kappa shape index (κ1) is 25.0. The van der Waals surface area contributed by atoms with Crippen molar-refractivity contribution in [2.45, 2.75) is 50.3 Å². The number of sulfonamides is 1. The summed E-state index contributed by atoms with van der Waals surface area (Å²) in [5.41, 5.74) is -0.0725. The SMILES string of the molecule is Cc1ccc(S(=O)(=O)N2C[C@@H](C)N(c3ccc(C(F)(F)F)c(F)c3)[C@@H](C)C2)cc1CC(=O)O. The van der Waals surface area contributed by atoms with Crippen LogP contribution in [0.15, 0.2) is 41.3 Å². The van der Waals surface area contributed by atoms with Crippen molar-refractivity contribution in [2.24, 2.45) is 0 Å². The summed E-state index contributed by atoms with van der Waals surface area (Å²) in [7, 11) is -3.95. The molecule has 0 aliphatic carbocycles. The van der Waals surface area contributed by atoms with Crippen LogP contribution < -0.4 is 4.90 Å². The van der Waals surface area contributed by atoms with Gasteiger partial charge in [-0.2, -0.15) is 17.5 Å². The van der Waals surface area contributed by atoms with Gasteiger partial charge in [-0.3, -0.25) is 4.79 Å². The van der Waals surface area contributed by atoms with E-state index in [0.29, 0.717) is 17.2 Å². The highest BCUT2D eigenvalue weighted by atomic mass is 32.2. The number of carboxylic acids is 1. The minimum atomic E-state index is -4.81. The summed E-state index contributed by atoms with van der Waals surface area (Å²) >= 11 is 0. The molecule has 1 aliphatic rings. The number of carboxylic acid groups (broad SMARTS) is 1. The Hall–Kier alpha value is -2.66. The number of benzene rings is 2. The van der Waals surface area contributed by atoms with Gasteiger partial charge in [-0.1, -0.05) is 6.07 Å². The molecule has 1 aliphatic heterocycles. The number of aliphatic carboxylic acids is 1. The van der Waals surface area contributed by atoms with Crippen LogP contribution in [-0.4, -0.2) is 49.0 Å². The molecular weight excluding hydrogens is 464 g/mol. The third-order valence-corrected chi connectivity index (χ3v) is 7.57. The van der Waals surface area contributed by atoms with E-state index in [0.717, 1.165) is 6.07 Å². The van der Waals surface area contributed by atoms with Crippen molar-refractivity contribution in [3.8, 4) is 0 Å². The van der Waals surface area contributed by atoms with Gasteiger partial charge in [0.25, 0.3) is 0 Å². The van der Waals surface area contributed by atoms with Gasteiger partial charge in [0.2, 0.25) is 10.0 Å². The second-order valence-electron chi connectivity index (χ2n) is 8.25. The zero-order valence-electron chi connectivity index (χ0n) is 18.2. The second kappa shape index (κ2) is 8.94. The average molecular weight is 489 g/mol. The Kier molecular flexibility index (Phi) is 6.77. The highest BCUT2D eigenvalue weighted by Crippen LogP contribution is 2.35. The van der Waals surface area contributed by atoms with E-state index in [1.165, 1.54) is 22.5 Å². The fourth-order valence-electron chi connectivity index (χ4n) is 4.18. The van der Waals surface area contributed by atoms with Crippen LogP contribution in [0.25, 0.3) is 0 Å². The molecular formula is C22H24F4N2O4S. The number of anilines is 1. The van der Waals surface area contributed by atoms with Crippen molar-refractivity contribution in [1.29, 1.82) is 0 Å². The van der Waals surface area contributed by atoms with E-state index in [9.17, 15) is 30.8 Å². The monoisotopic (exact) mass is 488 g/mol. The normalized spacial score (nSPS) is 20.2. The Bertz CT molecular complexity index is 1160. The van der Waals surface area contributed by atoms with Gasteiger partial charge < -0.3 is 10.0 Å². The minimum Gasteiger partial charge on any atom is -0.481 e. The number of hydrogen-bond donors (Lipinski definition) is 1. The lowest BCUT2D eigenvalue weighted by Gasteiger charge is -2.45. The summed E-state index contributed by atoms with van der Waals surface area (Å²) in [5.74, 6) is -2.47. The van der Waals surface area contributed by atoms with Gasteiger partial charge in [0.05, 0.1) is 16.9 Å². The lowest BCUT2D eigenvalue weighted by atomic mass is 10.1. The number of halogens is 4. The largest absolute Gasteiger partial charge is 0.481 e. The number of alkyl halides is 3. The van der Waals surface area contributed by atoms with E-state index in [2.05, 4.69) is 0 Å². The van der Waals surface area contributed by atoms with Crippen LogP contribution in [0.4, 0.5) is 23.2 Å². The maximum absolute atomic E-state index is 14.1. The minimum absolute atomic E-state index is 0.0253. The molecule has 0 saturated carbocycles. The highest BCUT2D eigenvalue weighted by molar-refractivity contribution is 7.89. The van der Waals surface area contributed by atoms with Gasteiger partial charge >= 0.3 is 12.1 Å². The van der Waals surface area contributed by atoms with E-state index in [1.54, 1.807) is 31.7 Å². The number of rotatable bonds is 5. The van der Waals surface area contributed by atoms with Crippen LogP contribution in [0.1, 0.15) is 30.5 Å². The standard InChI is InChI=1S/C22H24F4N2O4S/c1-13-4-6-18(8-16(13)9-21(29)30)33(31,32)27-11-14(2)28(15(3)12-27)17-5-7-19(20(23)10-17)22(24,25)26/h4-8,10,14-15H,9,11-12H2,1-3H3,(H,29,30)/t14-,15+. The lowest BCUT2D eigenvalue weighted by molar-refractivity contribution is -0.140. The molecule has 0 spiro atoms. The molecule has 0 amide bonds. The molecule has 6 nitrogen and oxygen atoms in total. The van der Waals surface area contributed by atoms with Crippen molar-refractivity contribution < 1.29 is 35.9 Å². The van der Waals surface area contributed by atoms with E-state index in [-0.39, 0.29) is 30.1 Å². The van der Waals surface area contributed by atoms with Crippen LogP contribution in [0.2, 0.25) is 0 Å². The summed E-state index contributed by atoms with van der Waals surface area (Å²) in [6, 6.07) is 6.10. The highest BCUT2D eigenvalue weighted by Gasteiger charge is 2.38. The lowest BCUT2D eigenvalue weighted by Crippen LogP contribution is -2.58. The molecule has 2 aromatic rings. The van der Waals surface area contributed by atoms with E-state index >= 15 is 0 Å². The van der Waals surface area contributed by atoms with Gasteiger partial charge in [0.15, 0.2) is 0 Å². The summed E-state index contributed by atoms with van der Waals surface area (Å²) in [6.45, 7) is 5.16. The molecule has 0 bridgehead atoms. The molecule has 1 fully saturated rings. The van der Waals surface area contributed by atoms with Crippen LogP contribution in [-0.2, 0) is 27.4 Å². The average Bonchev–Trinajstić information content (AvgIpc) is 2.67. The molecule has 1 heterocycles. The van der Waals surface area contributed by atoms with Crippen LogP contribution >= 0.6 is 0 Å². The molecule has 1 saturated heterocycles. The second-order valence-corrected chi connectivity index (χ2v) is 10.2. The number of aryl methyl sites for hydroxylation is 1. The zero-order chi connectivity index (χ0) is 24.7. The molecule has 11 heteroatoms. The van der Waals surface area contributed by atoms with Gasteiger partial charge in [0, 0.05) is 30.9 Å². The first-order valence-corrected chi connectivity index (χ1v) is 11.6. The Labute approximate surface area is 189 Å². The first-order chi connectivity index (χ1) is 15.2. The summed E-state index contributed by atoms with van der Waals surface area (Å²) in [6.07, 6.45) is -5.12. The number of nitrogens with zero attached hydrogens (tertiary/aromatic N) is 2. The van der Waals surface area contributed by atoms with Crippen molar-refractivity contribution in [2.75, 3.05) is 18.0 Å². The number of carbonyl (C=O) groups is 1. The first-order valence-electron chi connectivity index (χ1n) is 10.2. The van der Waals surface area contributed by atoms with Crippen LogP contribution in [0, 0.1) is 12.7 Å². The molecule has 180 valence electrons. The van der Waals surface area contributed by atoms with Crippen LogP contribution in [0.5, 0.6) is 0 Å². The number of piperazine rings is 1. The van der Waals surface area contributed by atoms with Crippen LogP contribution in [0.3, 0.4) is 0 Å². The Balaban J connectivity index is 1.87. The van der Waals surface area contributed by atoms with E-state index < -0.39 is 45.6 Å². The van der Waals surface area contributed by atoms with Crippen molar-refractivity contribution in [1.82, 2.24) is 4.31 Å². The zero-order valence-corrected chi connectivity index (χ0v) is 19.0. The van der Waals surface area contributed by atoms with Gasteiger partial charge in [-0.05, 0) is 62.2 Å². The topological polar surface area (TPSA) is 77.9 Å². The van der Waals surface area contributed by atoms with E-state index in [1.807, 2.05) is 0 Å². The number of hydrogen-bond acceptors (Lipinski definition) is 4. The van der Waals surface area contributed by atoms with Crippen molar-refractivity contribution in [3.63, 3.8) is 0 Å². The third-order valence-electron chi connectivity index (χ3n) is 5.74. The summed E-state index contributed by atoms with van der Waals surface area (Å²) in [5, 5.41) is 9.07. The smallest absolute Gasteiger partial charge is 0.419 e. The van der Waals surface area contributed by atoms with Gasteiger partial charge in [-0.25, -0.2) is 12.8 Å². The maximum Gasteiger partial charge on any atom is 0.419 e. The molecule has 3 rings (SSSR count). The fourth-order valence-corrected chi connectivity index (χ4v) is 5.84. The molecule has 1 N–H and O–H groups in total. The van der Waals surface area contributed by atoms with Gasteiger partial charge in [-0.15, -0.1) is 0 Å². The predicted octanol–water partition coefficient (Wildman–Crippen LogP) is 4.07. The molecule has 33 heavy (non-hydrogen) atoms. The molecule has 2 aromatic carbocycles. The maximum atomic E-state index is 14.1. The Morgan fingerprint density at radius 1 is 1.09 bits per heavy atom. The Morgan fingerprint density at radius 3 is 2.21 bits per heavy atom. The summed E-state index contributed by atoms with van der Waals surface area (Å²) in [4.78, 5) is 12.8. The Morgan fingerprint density at radius 2 is 1.70 bits per heavy atom. The molecule has 0 radical (unpaired) electrons. The van der Waals surface area contributed by atoms with Crippen molar-refractivity contribution in [3.05, 3.63) is 58.9 Å². The quantitative estimate of drug-likeness (QED) is 0.643. The molecule has 0 unspecified atom stereocenters. The van der Waals surface area contributed by atoms with Crippen molar-refractivity contribution >= 4 is 21.7 Å². The summed E-state index contributed by atoms with van der Waals surface area (Å²) < 4.78 is 80.5. The third kappa shape index (κ3) is 5.14.